The molecule has 1 aliphatic carbocycles. The second-order valence-corrected chi connectivity index (χ2v) is 9.17. The fraction of sp³-hybridized carbons (Fsp3) is 0.632. The van der Waals surface area contributed by atoms with E-state index in [4.69, 9.17) is 4.99 Å². The maximum absolute atomic E-state index is 11.6. The summed E-state index contributed by atoms with van der Waals surface area (Å²) in [4.78, 5) is 7.23. The zero-order valence-corrected chi connectivity index (χ0v) is 16.3. The van der Waals surface area contributed by atoms with Crippen molar-refractivity contribution in [3.63, 3.8) is 0 Å². The van der Waals surface area contributed by atoms with E-state index in [9.17, 15) is 8.42 Å². The van der Waals surface area contributed by atoms with Crippen LogP contribution in [-0.2, 0) is 10.0 Å². The number of sulfonamides is 1. The van der Waals surface area contributed by atoms with Crippen LogP contribution in [0.1, 0.15) is 38.5 Å². The number of hydrogen-bond donors (Lipinski definition) is 2. The van der Waals surface area contributed by atoms with Gasteiger partial charge in [0, 0.05) is 31.4 Å². The van der Waals surface area contributed by atoms with Gasteiger partial charge in [0.2, 0.25) is 10.0 Å². The van der Waals surface area contributed by atoms with Gasteiger partial charge in [0.15, 0.2) is 5.96 Å². The number of rotatable bonds is 5. The Labute approximate surface area is 157 Å². The molecule has 0 bridgehead atoms. The first kappa shape index (κ1) is 19.2. The van der Waals surface area contributed by atoms with Crippen LogP contribution in [0.5, 0.6) is 0 Å². The highest BCUT2D eigenvalue weighted by Crippen LogP contribution is 2.26. The first-order valence-corrected chi connectivity index (χ1v) is 11.5. The van der Waals surface area contributed by atoms with Crippen LogP contribution in [-0.4, -0.2) is 51.2 Å². The van der Waals surface area contributed by atoms with Crippen molar-refractivity contribution in [3.05, 3.63) is 30.3 Å². The standard InChI is InChI=1S/C19H30N4O2S/c1-26(24,25)22-18-12-8-9-16(18)15-20-19(23-13-6-3-7-14-23)21-17-10-4-2-5-11-17/h2,4-5,10-11,16,18,22H,3,6-9,12-15H2,1H3,(H,20,21). The molecule has 1 aliphatic heterocycles. The van der Waals surface area contributed by atoms with E-state index in [2.05, 4.69) is 14.9 Å². The van der Waals surface area contributed by atoms with Gasteiger partial charge in [-0.05, 0) is 50.2 Å². The molecule has 2 unspecified atom stereocenters. The molecule has 0 amide bonds. The van der Waals surface area contributed by atoms with Crippen molar-refractivity contribution < 1.29 is 8.42 Å². The van der Waals surface area contributed by atoms with Gasteiger partial charge >= 0.3 is 0 Å². The maximum atomic E-state index is 11.6. The Bertz CT molecular complexity index is 700. The molecule has 1 heterocycles. The Balaban J connectivity index is 1.70. The summed E-state index contributed by atoms with van der Waals surface area (Å²) in [5, 5.41) is 3.47. The summed E-state index contributed by atoms with van der Waals surface area (Å²) in [5.74, 6) is 1.18. The van der Waals surface area contributed by atoms with Crippen molar-refractivity contribution in [2.75, 3.05) is 31.2 Å². The molecule has 1 aromatic rings. The van der Waals surface area contributed by atoms with Crippen LogP contribution in [0.2, 0.25) is 0 Å². The Morgan fingerprint density at radius 3 is 2.54 bits per heavy atom. The number of guanidine groups is 1. The summed E-state index contributed by atoms with van der Waals surface area (Å²) in [6, 6.07) is 10.1. The SMILES string of the molecule is CS(=O)(=O)NC1CCCC1CN=C(Nc1ccccc1)N1CCCCC1. The lowest BCUT2D eigenvalue weighted by Gasteiger charge is -2.30. The highest BCUT2D eigenvalue weighted by Gasteiger charge is 2.29. The number of nitrogens with zero attached hydrogens (tertiary/aromatic N) is 2. The van der Waals surface area contributed by atoms with Crippen LogP contribution in [0.3, 0.4) is 0 Å². The van der Waals surface area contributed by atoms with Gasteiger partial charge < -0.3 is 10.2 Å². The van der Waals surface area contributed by atoms with Crippen molar-refractivity contribution >= 4 is 21.7 Å². The molecule has 26 heavy (non-hydrogen) atoms. The lowest BCUT2D eigenvalue weighted by Crippen LogP contribution is -2.41. The molecular formula is C19H30N4O2S. The minimum absolute atomic E-state index is 0.00748. The molecule has 1 saturated carbocycles. The molecule has 7 heteroatoms. The van der Waals surface area contributed by atoms with Gasteiger partial charge in [-0.25, -0.2) is 13.1 Å². The molecule has 0 spiro atoms. The van der Waals surface area contributed by atoms with E-state index in [-0.39, 0.29) is 12.0 Å². The highest BCUT2D eigenvalue weighted by atomic mass is 32.2. The summed E-state index contributed by atoms with van der Waals surface area (Å²) in [5.41, 5.74) is 1.04. The van der Waals surface area contributed by atoms with Crippen LogP contribution in [0.25, 0.3) is 0 Å². The Morgan fingerprint density at radius 2 is 1.85 bits per heavy atom. The van der Waals surface area contributed by atoms with Gasteiger partial charge in [-0.2, -0.15) is 0 Å². The lowest BCUT2D eigenvalue weighted by molar-refractivity contribution is 0.339. The number of piperidine rings is 1. The third kappa shape index (κ3) is 5.71. The molecule has 144 valence electrons. The van der Waals surface area contributed by atoms with Gasteiger partial charge in [0.05, 0.1) is 6.26 Å². The smallest absolute Gasteiger partial charge is 0.208 e. The van der Waals surface area contributed by atoms with Crippen LogP contribution in [0.15, 0.2) is 35.3 Å². The third-order valence-electron chi connectivity index (χ3n) is 5.19. The number of anilines is 1. The summed E-state index contributed by atoms with van der Waals surface area (Å²) in [6.07, 6.45) is 7.88. The number of aliphatic imine (C=N–C) groups is 1. The zero-order chi connectivity index (χ0) is 18.4. The number of benzene rings is 1. The van der Waals surface area contributed by atoms with E-state index in [1.807, 2.05) is 30.3 Å². The fourth-order valence-electron chi connectivity index (χ4n) is 3.86. The van der Waals surface area contributed by atoms with Crippen molar-refractivity contribution in [2.45, 2.75) is 44.6 Å². The van der Waals surface area contributed by atoms with Crippen LogP contribution in [0, 0.1) is 5.92 Å². The molecule has 6 nitrogen and oxygen atoms in total. The summed E-state index contributed by atoms with van der Waals surface area (Å²) < 4.78 is 26.0. The average Bonchev–Trinajstić information content (AvgIpc) is 3.05. The molecule has 3 rings (SSSR count). The number of hydrogen-bond acceptors (Lipinski definition) is 3. The van der Waals surface area contributed by atoms with E-state index in [1.165, 1.54) is 25.5 Å². The summed E-state index contributed by atoms with van der Waals surface area (Å²) in [6.45, 7) is 2.70. The number of likely N-dealkylation sites (tertiary alicyclic amines) is 1. The molecule has 2 atom stereocenters. The van der Waals surface area contributed by atoms with Gasteiger partial charge in [-0.1, -0.05) is 24.6 Å². The minimum Gasteiger partial charge on any atom is -0.343 e. The van der Waals surface area contributed by atoms with Crippen LogP contribution < -0.4 is 10.0 Å². The normalized spacial score (nSPS) is 24.7. The van der Waals surface area contributed by atoms with E-state index in [0.717, 1.165) is 44.0 Å². The third-order valence-corrected chi connectivity index (χ3v) is 5.92. The Kier molecular flexibility index (Phi) is 6.53. The van der Waals surface area contributed by atoms with E-state index >= 15 is 0 Å². The van der Waals surface area contributed by atoms with Crippen LogP contribution >= 0.6 is 0 Å². The predicted molar refractivity (Wildman–Crippen MR) is 107 cm³/mol. The van der Waals surface area contributed by atoms with Gasteiger partial charge in [-0.3, -0.25) is 4.99 Å². The molecular weight excluding hydrogens is 348 g/mol. The van der Waals surface area contributed by atoms with E-state index in [1.54, 1.807) is 0 Å². The summed E-state index contributed by atoms with van der Waals surface area (Å²) >= 11 is 0. The van der Waals surface area contributed by atoms with E-state index in [0.29, 0.717) is 6.54 Å². The average molecular weight is 379 g/mol. The highest BCUT2D eigenvalue weighted by molar-refractivity contribution is 7.88. The molecule has 2 N–H and O–H groups in total. The Morgan fingerprint density at radius 1 is 1.12 bits per heavy atom. The zero-order valence-electron chi connectivity index (χ0n) is 15.5. The first-order chi connectivity index (χ1) is 12.5. The largest absolute Gasteiger partial charge is 0.343 e. The quantitative estimate of drug-likeness (QED) is 0.610. The van der Waals surface area contributed by atoms with Crippen molar-refractivity contribution in [2.24, 2.45) is 10.9 Å². The monoisotopic (exact) mass is 378 g/mol. The van der Waals surface area contributed by atoms with Crippen molar-refractivity contribution in [1.29, 1.82) is 0 Å². The van der Waals surface area contributed by atoms with Crippen molar-refractivity contribution in [3.8, 4) is 0 Å². The maximum Gasteiger partial charge on any atom is 0.208 e. The molecule has 1 aromatic carbocycles. The van der Waals surface area contributed by atoms with E-state index < -0.39 is 10.0 Å². The topological polar surface area (TPSA) is 73.8 Å². The fourth-order valence-corrected chi connectivity index (χ4v) is 4.72. The lowest BCUT2D eigenvalue weighted by atomic mass is 10.1. The predicted octanol–water partition coefficient (Wildman–Crippen LogP) is 2.66. The van der Waals surface area contributed by atoms with Gasteiger partial charge in [0.1, 0.15) is 0 Å². The second kappa shape index (κ2) is 8.86. The molecule has 1 saturated heterocycles. The first-order valence-electron chi connectivity index (χ1n) is 9.60. The Hall–Kier alpha value is -1.60. The molecule has 0 aromatic heterocycles. The minimum atomic E-state index is -3.17. The van der Waals surface area contributed by atoms with Gasteiger partial charge in [-0.15, -0.1) is 0 Å². The van der Waals surface area contributed by atoms with Crippen molar-refractivity contribution in [1.82, 2.24) is 9.62 Å². The number of nitrogens with one attached hydrogen (secondary N) is 2. The molecule has 2 aliphatic rings. The number of para-hydroxylation sites is 1. The summed E-state index contributed by atoms with van der Waals surface area (Å²) in [7, 11) is -3.17. The molecule has 2 fully saturated rings. The molecule has 0 radical (unpaired) electrons. The van der Waals surface area contributed by atoms with Gasteiger partial charge in [0.25, 0.3) is 0 Å². The second-order valence-electron chi connectivity index (χ2n) is 7.39. The van der Waals surface area contributed by atoms with Crippen LogP contribution in [0.4, 0.5) is 5.69 Å².